The summed E-state index contributed by atoms with van der Waals surface area (Å²) in [6, 6.07) is 13.1. The third kappa shape index (κ3) is 9.10. The molecule has 1 aromatic heterocycles. The molecule has 1 aliphatic carbocycles. The Hall–Kier alpha value is -3.30. The van der Waals surface area contributed by atoms with Crippen LogP contribution in [0.1, 0.15) is 90.2 Å². The van der Waals surface area contributed by atoms with E-state index >= 15 is 0 Å². The molecule has 1 saturated carbocycles. The number of ether oxygens (including phenoxy) is 2. The lowest BCUT2D eigenvalue weighted by Crippen LogP contribution is -2.42. The normalized spacial score (nSPS) is 15.1. The Labute approximate surface area is 259 Å². The first-order chi connectivity index (χ1) is 20.9. The van der Waals surface area contributed by atoms with Crippen molar-refractivity contribution < 1.29 is 19.1 Å². The third-order valence-electron chi connectivity index (χ3n) is 8.39. The number of nitrogens with one attached hydrogen (secondary N) is 1. The van der Waals surface area contributed by atoms with Crippen molar-refractivity contribution in [3.63, 3.8) is 0 Å². The minimum absolute atomic E-state index is 0.146. The van der Waals surface area contributed by atoms with E-state index in [0.717, 1.165) is 58.0 Å². The van der Waals surface area contributed by atoms with Crippen LogP contribution in [0.5, 0.6) is 0 Å². The molecular weight excluding hydrogens is 560 g/mol. The number of amides is 1. The summed E-state index contributed by atoms with van der Waals surface area (Å²) in [6.07, 6.45) is 12.6. The lowest BCUT2D eigenvalue weighted by molar-refractivity contribution is -0.142. The maximum atomic E-state index is 13.6. The van der Waals surface area contributed by atoms with Crippen molar-refractivity contribution in [2.24, 2.45) is 5.92 Å². The van der Waals surface area contributed by atoms with Crippen LogP contribution in [0.3, 0.4) is 0 Å². The van der Waals surface area contributed by atoms with Crippen molar-refractivity contribution >= 4 is 23.6 Å². The summed E-state index contributed by atoms with van der Waals surface area (Å²) in [4.78, 5) is 26.0. The van der Waals surface area contributed by atoms with Crippen molar-refractivity contribution in [1.82, 2.24) is 20.7 Å². The Bertz CT molecular complexity index is 1360. The largest absolute Gasteiger partial charge is 0.467 e. The van der Waals surface area contributed by atoms with Crippen LogP contribution >= 0.6 is 11.8 Å². The SMILES string of the molecule is COC(=O)C(CCSC)NC(=O)c1ccc(COC(CCC2CCCCC2)c2cnnnc2C)cc1-c1ccccc1C. The second-order valence-corrected chi connectivity index (χ2v) is 12.4. The molecule has 43 heavy (non-hydrogen) atoms. The molecule has 0 aliphatic heterocycles. The molecule has 2 aromatic carbocycles. The number of aromatic nitrogens is 3. The Morgan fingerprint density at radius 1 is 1.05 bits per heavy atom. The Morgan fingerprint density at radius 3 is 2.56 bits per heavy atom. The van der Waals surface area contributed by atoms with Crippen LogP contribution in [0.2, 0.25) is 0 Å². The molecule has 8 nitrogen and oxygen atoms in total. The minimum Gasteiger partial charge on any atom is -0.467 e. The lowest BCUT2D eigenvalue weighted by atomic mass is 9.85. The van der Waals surface area contributed by atoms with Crippen molar-refractivity contribution in [3.05, 3.63) is 76.6 Å². The van der Waals surface area contributed by atoms with Crippen LogP contribution in [-0.2, 0) is 20.9 Å². The topological polar surface area (TPSA) is 103 Å². The molecule has 0 radical (unpaired) electrons. The zero-order valence-corrected chi connectivity index (χ0v) is 26.6. The summed E-state index contributed by atoms with van der Waals surface area (Å²) in [7, 11) is 1.34. The second kappa shape index (κ2) is 16.5. The van der Waals surface area contributed by atoms with E-state index in [1.165, 1.54) is 39.2 Å². The molecule has 4 rings (SSSR count). The summed E-state index contributed by atoms with van der Waals surface area (Å²) in [6.45, 7) is 4.35. The predicted molar refractivity (Wildman–Crippen MR) is 171 cm³/mol. The molecule has 9 heteroatoms. The average molecular weight is 605 g/mol. The number of hydrogen-bond donors (Lipinski definition) is 1. The van der Waals surface area contributed by atoms with Gasteiger partial charge in [0.25, 0.3) is 5.91 Å². The van der Waals surface area contributed by atoms with Crippen molar-refractivity contribution in [2.75, 3.05) is 19.1 Å². The van der Waals surface area contributed by atoms with Crippen molar-refractivity contribution in [2.45, 2.75) is 84.0 Å². The first-order valence-corrected chi connectivity index (χ1v) is 16.6. The van der Waals surface area contributed by atoms with E-state index in [1.54, 1.807) is 18.0 Å². The molecule has 2 atom stereocenters. The van der Waals surface area contributed by atoms with E-state index in [0.29, 0.717) is 18.6 Å². The van der Waals surface area contributed by atoms with Gasteiger partial charge in [-0.3, -0.25) is 4.79 Å². The van der Waals surface area contributed by atoms with Crippen LogP contribution in [0, 0.1) is 19.8 Å². The fraction of sp³-hybridized carbons (Fsp3) is 0.500. The monoisotopic (exact) mass is 604 g/mol. The molecule has 2 unspecified atom stereocenters. The van der Waals surface area contributed by atoms with Gasteiger partial charge in [-0.15, -0.1) is 10.2 Å². The molecule has 1 amide bonds. The van der Waals surface area contributed by atoms with Gasteiger partial charge in [-0.05, 0) is 90.6 Å². The summed E-state index contributed by atoms with van der Waals surface area (Å²) in [5.74, 6) is 0.708. The number of carbonyl (C=O) groups is 2. The van der Waals surface area contributed by atoms with Crippen LogP contribution in [0.15, 0.2) is 48.7 Å². The van der Waals surface area contributed by atoms with E-state index < -0.39 is 12.0 Å². The number of rotatable bonds is 14. The van der Waals surface area contributed by atoms with Crippen LogP contribution in [0.4, 0.5) is 0 Å². The Morgan fingerprint density at radius 2 is 1.84 bits per heavy atom. The van der Waals surface area contributed by atoms with Crippen molar-refractivity contribution in [1.29, 1.82) is 0 Å². The molecule has 3 aromatic rings. The second-order valence-electron chi connectivity index (χ2n) is 11.4. The van der Waals surface area contributed by atoms with Gasteiger partial charge in [0.15, 0.2) is 0 Å². The fourth-order valence-electron chi connectivity index (χ4n) is 5.88. The molecule has 1 N–H and O–H groups in total. The number of benzene rings is 2. The third-order valence-corrected chi connectivity index (χ3v) is 9.03. The first-order valence-electron chi connectivity index (χ1n) is 15.2. The summed E-state index contributed by atoms with van der Waals surface area (Å²) in [5, 5.41) is 15.0. The predicted octanol–water partition coefficient (Wildman–Crippen LogP) is 6.80. The van der Waals surface area contributed by atoms with Gasteiger partial charge in [0.1, 0.15) is 6.04 Å². The zero-order valence-electron chi connectivity index (χ0n) is 25.8. The molecule has 1 aliphatic rings. The highest BCUT2D eigenvalue weighted by molar-refractivity contribution is 7.98. The lowest BCUT2D eigenvalue weighted by Gasteiger charge is -2.25. The van der Waals surface area contributed by atoms with Gasteiger partial charge < -0.3 is 14.8 Å². The molecule has 1 heterocycles. The first kappa shape index (κ1) is 32.6. The molecule has 0 bridgehead atoms. The molecule has 230 valence electrons. The highest BCUT2D eigenvalue weighted by Crippen LogP contribution is 2.34. The van der Waals surface area contributed by atoms with Gasteiger partial charge in [-0.25, -0.2) is 4.79 Å². The number of nitrogens with zero attached hydrogens (tertiary/aromatic N) is 3. The van der Waals surface area contributed by atoms with Gasteiger partial charge in [0, 0.05) is 11.1 Å². The number of hydrogen-bond acceptors (Lipinski definition) is 8. The highest BCUT2D eigenvalue weighted by atomic mass is 32.2. The van der Waals surface area contributed by atoms with E-state index in [-0.39, 0.29) is 12.0 Å². The Balaban J connectivity index is 1.59. The fourth-order valence-corrected chi connectivity index (χ4v) is 6.35. The van der Waals surface area contributed by atoms with E-state index in [1.807, 2.05) is 62.6 Å². The van der Waals surface area contributed by atoms with Crippen LogP contribution < -0.4 is 5.32 Å². The van der Waals surface area contributed by atoms with Crippen LogP contribution in [-0.4, -0.2) is 52.4 Å². The van der Waals surface area contributed by atoms with E-state index in [2.05, 4.69) is 20.7 Å². The van der Waals surface area contributed by atoms with Gasteiger partial charge in [-0.1, -0.05) is 62.4 Å². The van der Waals surface area contributed by atoms with Gasteiger partial charge in [-0.2, -0.15) is 11.8 Å². The summed E-state index contributed by atoms with van der Waals surface area (Å²) < 4.78 is 11.6. The van der Waals surface area contributed by atoms with E-state index in [4.69, 9.17) is 9.47 Å². The highest BCUT2D eigenvalue weighted by Gasteiger charge is 2.25. The molecule has 0 saturated heterocycles. The summed E-state index contributed by atoms with van der Waals surface area (Å²) >= 11 is 1.62. The Kier molecular flexibility index (Phi) is 12.5. The quantitative estimate of drug-likeness (QED) is 0.201. The molecule has 0 spiro atoms. The number of methoxy groups -OCH3 is 1. The van der Waals surface area contributed by atoms with Gasteiger partial charge in [0.2, 0.25) is 0 Å². The van der Waals surface area contributed by atoms with Gasteiger partial charge in [0.05, 0.1) is 31.7 Å². The van der Waals surface area contributed by atoms with Crippen molar-refractivity contribution in [3.8, 4) is 11.1 Å². The number of esters is 1. The van der Waals surface area contributed by atoms with E-state index in [9.17, 15) is 9.59 Å². The van der Waals surface area contributed by atoms with Crippen LogP contribution in [0.25, 0.3) is 11.1 Å². The number of aryl methyl sites for hydroxylation is 2. The average Bonchev–Trinajstić information content (AvgIpc) is 3.03. The number of thioether (sulfide) groups is 1. The zero-order chi connectivity index (χ0) is 30.6. The number of carbonyl (C=O) groups excluding carboxylic acids is 2. The smallest absolute Gasteiger partial charge is 0.328 e. The molecule has 1 fully saturated rings. The standard InChI is InChI=1S/C34H44N4O4S/c1-23-10-8-9-13-27(23)29-20-26(14-16-28(29)33(39)36-31(18-19-43-4)34(40)41-3)22-42-32(30-21-35-38-37-24(30)2)17-15-25-11-6-5-7-12-25/h8-10,13-14,16,20-21,25,31-32H,5-7,11-12,15,17-19,22H2,1-4H3,(H,36,39). The summed E-state index contributed by atoms with van der Waals surface area (Å²) in [5.41, 5.74) is 6.07. The molecular formula is C34H44N4O4S. The maximum absolute atomic E-state index is 13.6. The maximum Gasteiger partial charge on any atom is 0.328 e. The van der Waals surface area contributed by atoms with Gasteiger partial charge >= 0.3 is 5.97 Å². The minimum atomic E-state index is -0.714.